The van der Waals surface area contributed by atoms with Gasteiger partial charge in [-0.25, -0.2) is 8.42 Å². The van der Waals surface area contributed by atoms with Crippen LogP contribution in [-0.4, -0.2) is 63.4 Å². The standard InChI is InChI=1S/C17H25N3O5S/c1-26(23,24)17-10-15(2-3-16(17)20(21)22)18-14-4-7-19(8-5-14)11-13-6-9-25-12-13/h2-3,10,13-14,18H,4-9,11-12H2,1H3. The molecule has 2 heterocycles. The molecule has 2 saturated heterocycles. The molecule has 1 unspecified atom stereocenters. The maximum atomic E-state index is 11.9. The van der Waals surface area contributed by atoms with Gasteiger partial charge in [0.15, 0.2) is 9.84 Å². The first-order valence-electron chi connectivity index (χ1n) is 8.88. The Kier molecular flexibility index (Phi) is 5.79. The third kappa shape index (κ3) is 4.72. The number of ether oxygens (including phenoxy) is 1. The molecule has 0 aromatic heterocycles. The molecule has 3 rings (SSSR count). The number of nitro groups is 1. The lowest BCUT2D eigenvalue weighted by molar-refractivity contribution is -0.387. The zero-order valence-electron chi connectivity index (χ0n) is 14.9. The molecule has 8 nitrogen and oxygen atoms in total. The molecule has 0 bridgehead atoms. The molecule has 0 saturated carbocycles. The number of likely N-dealkylation sites (tertiary alicyclic amines) is 1. The van der Waals surface area contributed by atoms with Gasteiger partial charge < -0.3 is 15.0 Å². The van der Waals surface area contributed by atoms with Crippen LogP contribution in [0.2, 0.25) is 0 Å². The normalized spacial score (nSPS) is 22.4. The number of benzene rings is 1. The molecule has 2 aliphatic rings. The maximum Gasteiger partial charge on any atom is 0.288 e. The predicted octanol–water partition coefficient (Wildman–Crippen LogP) is 1.91. The number of anilines is 1. The molecule has 0 spiro atoms. The Balaban J connectivity index is 1.60. The number of piperidine rings is 1. The van der Waals surface area contributed by atoms with Gasteiger partial charge in [-0.05, 0) is 37.3 Å². The molecule has 1 aromatic rings. The average molecular weight is 383 g/mol. The minimum Gasteiger partial charge on any atom is -0.382 e. The van der Waals surface area contributed by atoms with Crippen molar-refractivity contribution in [3.05, 3.63) is 28.3 Å². The van der Waals surface area contributed by atoms with Crippen molar-refractivity contribution in [3.8, 4) is 0 Å². The van der Waals surface area contributed by atoms with Gasteiger partial charge in [-0.2, -0.15) is 0 Å². The lowest BCUT2D eigenvalue weighted by Gasteiger charge is -2.34. The largest absolute Gasteiger partial charge is 0.382 e. The van der Waals surface area contributed by atoms with Crippen LogP contribution in [0.1, 0.15) is 19.3 Å². The fourth-order valence-electron chi connectivity index (χ4n) is 3.64. The summed E-state index contributed by atoms with van der Waals surface area (Å²) in [5, 5.41) is 14.4. The molecule has 0 radical (unpaired) electrons. The van der Waals surface area contributed by atoms with Crippen LogP contribution in [0.4, 0.5) is 11.4 Å². The first kappa shape index (κ1) is 19.1. The topological polar surface area (TPSA) is 102 Å². The Labute approximate surface area is 153 Å². The summed E-state index contributed by atoms with van der Waals surface area (Å²) in [5.74, 6) is 0.631. The molecule has 144 valence electrons. The summed E-state index contributed by atoms with van der Waals surface area (Å²) in [6.07, 6.45) is 4.04. The molecule has 1 N–H and O–H groups in total. The summed E-state index contributed by atoms with van der Waals surface area (Å²) < 4.78 is 29.2. The van der Waals surface area contributed by atoms with Crippen LogP contribution < -0.4 is 5.32 Å². The molecule has 9 heteroatoms. The Bertz CT molecular complexity index is 754. The second-order valence-electron chi connectivity index (χ2n) is 7.16. The predicted molar refractivity (Wildman–Crippen MR) is 98.2 cm³/mol. The zero-order chi connectivity index (χ0) is 18.7. The maximum absolute atomic E-state index is 11.9. The number of hydrogen-bond acceptors (Lipinski definition) is 7. The van der Waals surface area contributed by atoms with E-state index >= 15 is 0 Å². The van der Waals surface area contributed by atoms with Gasteiger partial charge in [0.25, 0.3) is 5.69 Å². The van der Waals surface area contributed by atoms with Crippen LogP contribution in [0.5, 0.6) is 0 Å². The van der Waals surface area contributed by atoms with Crippen LogP contribution in [0.25, 0.3) is 0 Å². The van der Waals surface area contributed by atoms with Crippen LogP contribution in [0, 0.1) is 16.0 Å². The zero-order valence-corrected chi connectivity index (χ0v) is 15.7. The molecule has 0 aliphatic carbocycles. The summed E-state index contributed by atoms with van der Waals surface area (Å²) in [7, 11) is -3.67. The van der Waals surface area contributed by atoms with E-state index in [1.54, 1.807) is 6.07 Å². The number of nitrogens with one attached hydrogen (secondary N) is 1. The van der Waals surface area contributed by atoms with E-state index in [4.69, 9.17) is 4.74 Å². The SMILES string of the molecule is CS(=O)(=O)c1cc(NC2CCN(CC3CCOC3)CC2)ccc1[N+](=O)[O-]. The van der Waals surface area contributed by atoms with Crippen LogP contribution in [-0.2, 0) is 14.6 Å². The fourth-order valence-corrected chi connectivity index (χ4v) is 4.50. The van der Waals surface area contributed by atoms with Gasteiger partial charge in [0.1, 0.15) is 4.90 Å². The molecular formula is C17H25N3O5S. The fraction of sp³-hybridized carbons (Fsp3) is 0.647. The van der Waals surface area contributed by atoms with Gasteiger partial charge in [0, 0.05) is 50.3 Å². The van der Waals surface area contributed by atoms with Crippen LogP contribution >= 0.6 is 0 Å². The molecule has 1 atom stereocenters. The van der Waals surface area contributed by atoms with E-state index in [-0.39, 0.29) is 16.6 Å². The van der Waals surface area contributed by atoms with Crippen molar-refractivity contribution >= 4 is 21.2 Å². The second-order valence-corrected chi connectivity index (χ2v) is 9.14. The van der Waals surface area contributed by atoms with E-state index in [1.165, 1.54) is 12.1 Å². The van der Waals surface area contributed by atoms with E-state index in [2.05, 4.69) is 10.2 Å². The summed E-state index contributed by atoms with van der Waals surface area (Å²) >= 11 is 0. The Hall–Kier alpha value is -1.71. The number of rotatable bonds is 6. The van der Waals surface area contributed by atoms with Crippen molar-refractivity contribution in [2.24, 2.45) is 5.92 Å². The van der Waals surface area contributed by atoms with Gasteiger partial charge in [-0.3, -0.25) is 10.1 Å². The highest BCUT2D eigenvalue weighted by Crippen LogP contribution is 2.28. The number of nitrogens with zero attached hydrogens (tertiary/aromatic N) is 2. The highest BCUT2D eigenvalue weighted by molar-refractivity contribution is 7.90. The van der Waals surface area contributed by atoms with Crippen LogP contribution in [0.15, 0.2) is 23.1 Å². The number of sulfone groups is 1. The first-order valence-corrected chi connectivity index (χ1v) is 10.8. The quantitative estimate of drug-likeness (QED) is 0.591. The molecule has 2 fully saturated rings. The summed E-state index contributed by atoms with van der Waals surface area (Å²) in [6, 6.07) is 4.44. The molecule has 26 heavy (non-hydrogen) atoms. The van der Waals surface area contributed by atoms with E-state index < -0.39 is 14.8 Å². The second kappa shape index (κ2) is 7.89. The van der Waals surface area contributed by atoms with Crippen molar-refractivity contribution in [2.45, 2.75) is 30.2 Å². The monoisotopic (exact) mass is 383 g/mol. The molecule has 1 aromatic carbocycles. The minimum atomic E-state index is -3.67. The smallest absolute Gasteiger partial charge is 0.288 e. The summed E-state index contributed by atoms with van der Waals surface area (Å²) in [6.45, 7) is 4.77. The number of hydrogen-bond donors (Lipinski definition) is 1. The van der Waals surface area contributed by atoms with E-state index in [0.717, 1.165) is 58.4 Å². The average Bonchev–Trinajstić information content (AvgIpc) is 3.08. The highest BCUT2D eigenvalue weighted by Gasteiger charge is 2.26. The van der Waals surface area contributed by atoms with Crippen molar-refractivity contribution in [1.82, 2.24) is 4.90 Å². The summed E-state index contributed by atoms with van der Waals surface area (Å²) in [5.41, 5.74) is 0.227. The van der Waals surface area contributed by atoms with Crippen molar-refractivity contribution in [3.63, 3.8) is 0 Å². The molecule has 0 amide bonds. The van der Waals surface area contributed by atoms with E-state index in [0.29, 0.717) is 11.6 Å². The van der Waals surface area contributed by atoms with E-state index in [9.17, 15) is 18.5 Å². The lowest BCUT2D eigenvalue weighted by atomic mass is 10.0. The van der Waals surface area contributed by atoms with Crippen molar-refractivity contribution in [2.75, 3.05) is 44.4 Å². The summed E-state index contributed by atoms with van der Waals surface area (Å²) in [4.78, 5) is 12.6. The minimum absolute atomic E-state index is 0.236. The third-order valence-corrected chi connectivity index (χ3v) is 6.18. The van der Waals surface area contributed by atoms with Gasteiger partial charge in [0.05, 0.1) is 11.5 Å². The van der Waals surface area contributed by atoms with Gasteiger partial charge in [-0.15, -0.1) is 0 Å². The Morgan fingerprint density at radius 2 is 2.04 bits per heavy atom. The third-order valence-electron chi connectivity index (χ3n) is 5.05. The first-order chi connectivity index (χ1) is 12.3. The van der Waals surface area contributed by atoms with E-state index in [1.807, 2.05) is 0 Å². The van der Waals surface area contributed by atoms with Gasteiger partial charge >= 0.3 is 0 Å². The van der Waals surface area contributed by atoms with Gasteiger partial charge in [0.2, 0.25) is 0 Å². The van der Waals surface area contributed by atoms with Gasteiger partial charge in [-0.1, -0.05) is 0 Å². The number of nitro benzene ring substituents is 1. The van der Waals surface area contributed by atoms with Crippen molar-refractivity contribution in [1.29, 1.82) is 0 Å². The lowest BCUT2D eigenvalue weighted by Crippen LogP contribution is -2.41. The molecule has 2 aliphatic heterocycles. The Morgan fingerprint density at radius 3 is 2.62 bits per heavy atom. The molecular weight excluding hydrogens is 358 g/mol. The Morgan fingerprint density at radius 1 is 1.31 bits per heavy atom. The van der Waals surface area contributed by atoms with Crippen molar-refractivity contribution < 1.29 is 18.1 Å². The van der Waals surface area contributed by atoms with Crippen LogP contribution in [0.3, 0.4) is 0 Å². The highest BCUT2D eigenvalue weighted by atomic mass is 32.2.